The predicted molar refractivity (Wildman–Crippen MR) is 149 cm³/mol. The van der Waals surface area contributed by atoms with Crippen molar-refractivity contribution in [3.63, 3.8) is 0 Å². The Labute approximate surface area is 240 Å². The number of carboxylic acid groups (broad SMARTS) is 1. The van der Waals surface area contributed by atoms with Crippen molar-refractivity contribution in [3.8, 4) is 0 Å². The number of carbonyl (C=O) groups excluding carboxylic acids is 2. The first-order valence-corrected chi connectivity index (χ1v) is 12.6. The zero-order valence-corrected chi connectivity index (χ0v) is 22.3. The molecule has 2 heterocycles. The van der Waals surface area contributed by atoms with E-state index in [0.717, 1.165) is 4.52 Å². The number of carboxylic acids is 1. The van der Waals surface area contributed by atoms with Gasteiger partial charge in [-0.2, -0.15) is 4.52 Å². The van der Waals surface area contributed by atoms with E-state index in [2.05, 4.69) is 36.5 Å². The van der Waals surface area contributed by atoms with Crippen molar-refractivity contribution in [2.45, 2.75) is 26.1 Å². The summed E-state index contributed by atoms with van der Waals surface area (Å²) in [5, 5.41) is 28.1. The van der Waals surface area contributed by atoms with Gasteiger partial charge in [0.05, 0.1) is 11.6 Å². The summed E-state index contributed by atoms with van der Waals surface area (Å²) in [6, 6.07) is 10.8. The maximum absolute atomic E-state index is 14.4. The lowest BCUT2D eigenvalue weighted by atomic mass is 10.1. The summed E-state index contributed by atoms with van der Waals surface area (Å²) in [4.78, 5) is 64.2. The Hall–Kier alpha value is -6.06. The largest absolute Gasteiger partial charge is 0.478 e. The highest BCUT2D eigenvalue weighted by Crippen LogP contribution is 2.17. The van der Waals surface area contributed by atoms with Crippen molar-refractivity contribution >= 4 is 34.9 Å². The molecule has 218 valence electrons. The first-order valence-electron chi connectivity index (χ1n) is 12.6. The molecule has 5 aromatic rings. The van der Waals surface area contributed by atoms with Gasteiger partial charge < -0.3 is 26.8 Å². The average molecular weight is 588 g/mol. The van der Waals surface area contributed by atoms with Crippen LogP contribution in [0.2, 0.25) is 0 Å². The number of aromatic carboxylic acids is 1. The van der Waals surface area contributed by atoms with E-state index in [9.17, 15) is 28.4 Å². The minimum Gasteiger partial charge on any atom is -0.478 e. The van der Waals surface area contributed by atoms with Crippen LogP contribution in [-0.2, 0) is 13.1 Å². The molecule has 1 atom stereocenters. The van der Waals surface area contributed by atoms with Gasteiger partial charge >= 0.3 is 5.97 Å². The van der Waals surface area contributed by atoms with E-state index >= 15 is 0 Å². The average Bonchev–Trinajstić information content (AvgIpc) is 3.49. The molecule has 15 nitrogen and oxygen atoms in total. The Morgan fingerprint density at radius 3 is 2.47 bits per heavy atom. The molecular formula is C27H22FN9O6. The lowest BCUT2D eigenvalue weighted by molar-refractivity contribution is 0.0696. The Kier molecular flexibility index (Phi) is 7.57. The van der Waals surface area contributed by atoms with Gasteiger partial charge in [-0.05, 0) is 52.7 Å². The van der Waals surface area contributed by atoms with Crippen LogP contribution >= 0.6 is 0 Å². The lowest BCUT2D eigenvalue weighted by Crippen LogP contribution is -2.37. The van der Waals surface area contributed by atoms with Gasteiger partial charge in [0.15, 0.2) is 0 Å². The second kappa shape index (κ2) is 11.4. The van der Waals surface area contributed by atoms with E-state index in [0.29, 0.717) is 11.1 Å². The quantitative estimate of drug-likeness (QED) is 0.141. The molecule has 5 rings (SSSR count). The number of aromatic nitrogens is 5. The number of amides is 2. The molecule has 43 heavy (non-hydrogen) atoms. The van der Waals surface area contributed by atoms with Crippen molar-refractivity contribution in [1.29, 1.82) is 0 Å². The molecule has 2 amide bonds. The molecular weight excluding hydrogens is 565 g/mol. The smallest absolute Gasteiger partial charge is 0.335 e. The van der Waals surface area contributed by atoms with E-state index in [1.165, 1.54) is 36.4 Å². The molecule has 6 N–H and O–H groups in total. The number of tetrazole rings is 1. The van der Waals surface area contributed by atoms with Crippen LogP contribution < -0.4 is 32.5 Å². The van der Waals surface area contributed by atoms with Gasteiger partial charge in [0.25, 0.3) is 28.4 Å². The van der Waals surface area contributed by atoms with Gasteiger partial charge in [0.2, 0.25) is 0 Å². The Morgan fingerprint density at radius 2 is 1.77 bits per heavy atom. The Bertz CT molecular complexity index is 1960. The van der Waals surface area contributed by atoms with E-state index in [1.54, 1.807) is 19.1 Å². The van der Waals surface area contributed by atoms with Crippen molar-refractivity contribution in [1.82, 2.24) is 35.7 Å². The highest BCUT2D eigenvalue weighted by Gasteiger charge is 2.21. The van der Waals surface area contributed by atoms with Crippen LogP contribution in [0.15, 0.2) is 58.1 Å². The number of nitrogens with zero attached hydrogens (tertiary/aromatic N) is 5. The summed E-state index contributed by atoms with van der Waals surface area (Å²) in [7, 11) is 0. The normalized spacial score (nSPS) is 11.8. The van der Waals surface area contributed by atoms with Crippen LogP contribution in [0.25, 0.3) is 5.78 Å². The number of halogens is 1. The summed E-state index contributed by atoms with van der Waals surface area (Å²) in [5.41, 5.74) is 4.81. The fraction of sp³-hybridized carbons (Fsp3) is 0.148. The summed E-state index contributed by atoms with van der Waals surface area (Å²) < 4.78 is 15.4. The van der Waals surface area contributed by atoms with Crippen molar-refractivity contribution in [2.24, 2.45) is 0 Å². The number of benzene rings is 2. The molecule has 0 bridgehead atoms. The first kappa shape index (κ1) is 28.5. The number of carbonyl (C=O) groups is 3. The first-order chi connectivity index (χ1) is 20.5. The van der Waals surface area contributed by atoms with Gasteiger partial charge in [0, 0.05) is 24.7 Å². The number of anilines is 2. The Balaban J connectivity index is 1.28. The molecule has 0 aliphatic carbocycles. The van der Waals surface area contributed by atoms with Crippen molar-refractivity contribution in [3.05, 3.63) is 108 Å². The third kappa shape index (κ3) is 5.74. The fourth-order valence-corrected chi connectivity index (χ4v) is 4.20. The molecule has 3 aromatic carbocycles. The van der Waals surface area contributed by atoms with Gasteiger partial charge in [-0.1, -0.05) is 23.3 Å². The maximum atomic E-state index is 14.4. The van der Waals surface area contributed by atoms with E-state index < -0.39 is 40.5 Å². The number of fused-ring (bicyclic) bond motifs is 1. The van der Waals surface area contributed by atoms with Gasteiger partial charge in [-0.15, -0.1) is 0 Å². The number of rotatable bonds is 10. The second-order valence-electron chi connectivity index (χ2n) is 9.45. The standard InChI is InChI=1S/C27H22FN9O6/c1-12(14-3-5-15(6-4-14)26(42)43)32-24(40)18-9-19(37-27(33-18)34-35-36-37)25(41)31-10-13-2-7-17(28)16(8-13)11-30-21-20(29)22(38)23(21)39/h2-9,12,30H,10-11,29H2,1H3,(H,31,41)(H,32,40)(H,42,43)/t12-/m0/s1. The summed E-state index contributed by atoms with van der Waals surface area (Å²) >= 11 is 0. The molecule has 0 saturated carbocycles. The highest BCUT2D eigenvalue weighted by molar-refractivity contribution is 5.98. The van der Waals surface area contributed by atoms with E-state index in [4.69, 9.17) is 10.8 Å². The zero-order valence-electron chi connectivity index (χ0n) is 22.3. The van der Waals surface area contributed by atoms with Gasteiger partial charge in [-0.3, -0.25) is 19.2 Å². The zero-order chi connectivity index (χ0) is 30.8. The fourth-order valence-electron chi connectivity index (χ4n) is 4.20. The van der Waals surface area contributed by atoms with Crippen LogP contribution in [0.5, 0.6) is 0 Å². The summed E-state index contributed by atoms with van der Waals surface area (Å²) in [5.74, 6) is -3.05. The van der Waals surface area contributed by atoms with E-state index in [1.807, 2.05) is 0 Å². The van der Waals surface area contributed by atoms with Crippen LogP contribution in [0.4, 0.5) is 15.8 Å². The van der Waals surface area contributed by atoms with Crippen LogP contribution in [0, 0.1) is 5.82 Å². The van der Waals surface area contributed by atoms with E-state index in [-0.39, 0.29) is 52.8 Å². The van der Waals surface area contributed by atoms with Crippen LogP contribution in [0.1, 0.15) is 61.0 Å². The molecule has 0 aliphatic rings. The highest BCUT2D eigenvalue weighted by atomic mass is 19.1. The molecule has 16 heteroatoms. The SMILES string of the molecule is C[C@H](NC(=O)c1cc(C(=O)NCc2ccc(F)c(CNc3c(N)c(=O)c3=O)c2)n2nnnc2n1)c1ccc(C(=O)O)cc1. The van der Waals surface area contributed by atoms with Gasteiger partial charge in [-0.25, -0.2) is 14.2 Å². The molecule has 0 unspecified atom stereocenters. The summed E-state index contributed by atoms with van der Waals surface area (Å²) in [6.45, 7) is 1.52. The van der Waals surface area contributed by atoms with Crippen LogP contribution in [-0.4, -0.2) is 47.9 Å². The third-order valence-electron chi connectivity index (χ3n) is 6.61. The lowest BCUT2D eigenvalue weighted by Gasteiger charge is -2.15. The molecule has 2 aromatic heterocycles. The summed E-state index contributed by atoms with van der Waals surface area (Å²) in [6.07, 6.45) is 0. The molecule has 0 radical (unpaired) electrons. The number of hydrogen-bond donors (Lipinski definition) is 5. The molecule has 0 spiro atoms. The minimum absolute atomic E-state index is 0.0504. The second-order valence-corrected chi connectivity index (χ2v) is 9.45. The number of nitrogens with one attached hydrogen (secondary N) is 3. The Morgan fingerprint density at radius 1 is 1.02 bits per heavy atom. The molecule has 0 saturated heterocycles. The molecule has 0 fully saturated rings. The number of nitrogens with two attached hydrogens (primary N) is 1. The van der Waals surface area contributed by atoms with Gasteiger partial charge in [0.1, 0.15) is 28.6 Å². The van der Waals surface area contributed by atoms with Crippen molar-refractivity contribution < 1.29 is 23.9 Å². The monoisotopic (exact) mass is 587 g/mol. The number of nitrogen functional groups attached to an aromatic ring is 1. The van der Waals surface area contributed by atoms with Crippen LogP contribution in [0.3, 0.4) is 0 Å². The topological polar surface area (TPSA) is 224 Å². The predicted octanol–water partition coefficient (Wildman–Crippen LogP) is 0.568. The molecule has 0 aliphatic heterocycles. The van der Waals surface area contributed by atoms with Crippen molar-refractivity contribution in [2.75, 3.05) is 11.1 Å². The minimum atomic E-state index is -1.07. The number of hydrogen-bond acceptors (Lipinski definition) is 11. The third-order valence-corrected chi connectivity index (χ3v) is 6.61. The maximum Gasteiger partial charge on any atom is 0.335 e.